The van der Waals surface area contributed by atoms with E-state index in [0.717, 1.165) is 47.9 Å². The molecule has 0 fully saturated rings. The second-order valence-corrected chi connectivity index (χ2v) is 12.7. The molecule has 3 heteroatoms. The highest BCUT2D eigenvalue weighted by atomic mass is 79.9. The average molecular weight is 668 g/mol. The smallest absolute Gasteiger partial charge is 0.142 e. The lowest BCUT2D eigenvalue weighted by Crippen LogP contribution is -2.31. The van der Waals surface area contributed by atoms with Gasteiger partial charge in [0, 0.05) is 25.6 Å². The van der Waals surface area contributed by atoms with Crippen molar-refractivity contribution in [2.45, 2.75) is 5.60 Å². The molecule has 0 saturated carbocycles. The molecular weight excluding hydrogens is 644 g/mol. The van der Waals surface area contributed by atoms with Crippen LogP contribution in [-0.4, -0.2) is 5.11 Å². The summed E-state index contributed by atoms with van der Waals surface area (Å²) in [5, 5.41) is 20.6. The van der Waals surface area contributed by atoms with E-state index in [-0.39, 0.29) is 0 Å². The van der Waals surface area contributed by atoms with Gasteiger partial charge in [-0.05, 0) is 84.9 Å². The van der Waals surface area contributed by atoms with Crippen LogP contribution in [0.25, 0.3) is 55.6 Å². The molecule has 0 saturated heterocycles. The molecule has 1 aliphatic rings. The second kappa shape index (κ2) is 9.78. The minimum absolute atomic E-state index is 0.842. The van der Waals surface area contributed by atoms with E-state index >= 15 is 0 Å². The SMILES string of the molecule is OC1(c2ccccc2-c2ccc3c4ccccc4c4ccccc4c3c2)c2cc(Br)ccc2C=Cc2ccc(Br)cc21. The first-order valence-electron chi connectivity index (χ1n) is 14.0. The standard InChI is InChI=1S/C39H24Br2O/c40-27-18-15-24-13-14-25-16-19-28(41)23-38(25)39(42,37(24)22-27)36-12-6-5-7-29(36)26-17-20-34-32-10-2-1-8-30(32)31-9-3-4-11-33(31)35(34)21-26/h1-23,42H. The van der Waals surface area contributed by atoms with Gasteiger partial charge in [0.2, 0.25) is 0 Å². The zero-order chi connectivity index (χ0) is 28.4. The van der Waals surface area contributed by atoms with E-state index in [4.69, 9.17) is 0 Å². The molecule has 1 N–H and O–H groups in total. The van der Waals surface area contributed by atoms with Crippen LogP contribution in [0, 0.1) is 0 Å². The second-order valence-electron chi connectivity index (χ2n) is 10.9. The van der Waals surface area contributed by atoms with Gasteiger partial charge in [0.05, 0.1) is 0 Å². The Hall–Kier alpha value is -4.02. The molecular formula is C39H24Br2O. The van der Waals surface area contributed by atoms with Crippen molar-refractivity contribution in [2.75, 3.05) is 0 Å². The van der Waals surface area contributed by atoms with E-state index in [2.05, 4.69) is 141 Å². The van der Waals surface area contributed by atoms with E-state index in [1.165, 1.54) is 32.3 Å². The van der Waals surface area contributed by atoms with Gasteiger partial charge in [-0.1, -0.05) is 141 Å². The first kappa shape index (κ1) is 25.7. The molecule has 1 nitrogen and oxygen atoms in total. The third kappa shape index (κ3) is 3.85. The van der Waals surface area contributed by atoms with E-state index in [0.29, 0.717) is 0 Å². The fraction of sp³-hybridized carbons (Fsp3) is 0.0256. The third-order valence-electron chi connectivity index (χ3n) is 8.62. The highest BCUT2D eigenvalue weighted by molar-refractivity contribution is 9.10. The minimum Gasteiger partial charge on any atom is -0.376 e. The Morgan fingerprint density at radius 3 is 1.48 bits per heavy atom. The molecule has 0 aromatic heterocycles. The molecule has 0 unspecified atom stereocenters. The van der Waals surface area contributed by atoms with Crippen LogP contribution in [0.5, 0.6) is 0 Å². The summed E-state index contributed by atoms with van der Waals surface area (Å²) in [6.07, 6.45) is 4.20. The van der Waals surface area contributed by atoms with Gasteiger partial charge in [-0.15, -0.1) is 0 Å². The van der Waals surface area contributed by atoms with Crippen LogP contribution >= 0.6 is 31.9 Å². The topological polar surface area (TPSA) is 20.2 Å². The highest BCUT2D eigenvalue weighted by Gasteiger charge is 2.40. The predicted octanol–water partition coefficient (Wildman–Crippen LogP) is 11.1. The zero-order valence-corrected chi connectivity index (χ0v) is 25.7. The van der Waals surface area contributed by atoms with E-state index < -0.39 is 5.60 Å². The maximum absolute atomic E-state index is 13.2. The Morgan fingerprint density at radius 2 is 0.905 bits per heavy atom. The molecule has 0 atom stereocenters. The van der Waals surface area contributed by atoms with Gasteiger partial charge in [0.15, 0.2) is 0 Å². The molecule has 42 heavy (non-hydrogen) atoms. The van der Waals surface area contributed by atoms with Gasteiger partial charge in [0.25, 0.3) is 0 Å². The van der Waals surface area contributed by atoms with Gasteiger partial charge in [-0.25, -0.2) is 0 Å². The van der Waals surface area contributed by atoms with Crippen molar-refractivity contribution in [3.8, 4) is 11.1 Å². The molecule has 0 radical (unpaired) electrons. The summed E-state index contributed by atoms with van der Waals surface area (Å²) >= 11 is 7.37. The number of rotatable bonds is 2. The Labute approximate surface area is 261 Å². The fourth-order valence-corrected chi connectivity index (χ4v) is 7.44. The van der Waals surface area contributed by atoms with Crippen LogP contribution in [0.3, 0.4) is 0 Å². The van der Waals surface area contributed by atoms with Gasteiger partial charge < -0.3 is 5.11 Å². The lowest BCUT2D eigenvalue weighted by atomic mass is 9.75. The van der Waals surface area contributed by atoms with Gasteiger partial charge in [-0.3, -0.25) is 0 Å². The van der Waals surface area contributed by atoms with Crippen molar-refractivity contribution in [3.63, 3.8) is 0 Å². The predicted molar refractivity (Wildman–Crippen MR) is 184 cm³/mol. The van der Waals surface area contributed by atoms with Crippen molar-refractivity contribution >= 4 is 76.3 Å². The maximum atomic E-state index is 13.2. The minimum atomic E-state index is -1.40. The zero-order valence-electron chi connectivity index (χ0n) is 22.5. The Bertz CT molecular complexity index is 2150. The molecule has 0 amide bonds. The van der Waals surface area contributed by atoms with Crippen LogP contribution in [0.2, 0.25) is 0 Å². The summed E-state index contributed by atoms with van der Waals surface area (Å²) in [4.78, 5) is 0. The Morgan fingerprint density at radius 1 is 0.429 bits per heavy atom. The Kier molecular flexibility index (Phi) is 5.98. The summed E-state index contributed by atoms with van der Waals surface area (Å²) in [7, 11) is 0. The number of fused-ring (bicyclic) bond motifs is 8. The lowest BCUT2D eigenvalue weighted by molar-refractivity contribution is 0.126. The molecule has 7 aromatic carbocycles. The maximum Gasteiger partial charge on any atom is 0.142 e. The summed E-state index contributed by atoms with van der Waals surface area (Å²) in [5.74, 6) is 0. The largest absolute Gasteiger partial charge is 0.376 e. The molecule has 8 rings (SSSR count). The molecule has 7 aromatic rings. The van der Waals surface area contributed by atoms with Crippen molar-refractivity contribution in [2.24, 2.45) is 0 Å². The molecule has 0 heterocycles. The van der Waals surface area contributed by atoms with Crippen LogP contribution in [0.15, 0.2) is 136 Å². The van der Waals surface area contributed by atoms with Crippen molar-refractivity contribution in [1.82, 2.24) is 0 Å². The van der Waals surface area contributed by atoms with Crippen LogP contribution in [0.1, 0.15) is 27.8 Å². The number of aliphatic hydroxyl groups is 1. The first-order chi connectivity index (χ1) is 20.5. The average Bonchev–Trinajstić information content (AvgIpc) is 3.15. The van der Waals surface area contributed by atoms with E-state index in [1.54, 1.807) is 0 Å². The van der Waals surface area contributed by atoms with Crippen LogP contribution in [-0.2, 0) is 5.60 Å². The molecule has 200 valence electrons. The summed E-state index contributed by atoms with van der Waals surface area (Å²) < 4.78 is 1.85. The summed E-state index contributed by atoms with van der Waals surface area (Å²) in [5.41, 5.74) is 5.16. The molecule has 0 aliphatic heterocycles. The van der Waals surface area contributed by atoms with Crippen LogP contribution in [0.4, 0.5) is 0 Å². The summed E-state index contributed by atoms with van der Waals surface area (Å²) in [6, 6.07) is 44.6. The van der Waals surface area contributed by atoms with Crippen molar-refractivity contribution in [3.05, 3.63) is 164 Å². The fourth-order valence-electron chi connectivity index (χ4n) is 6.71. The van der Waals surface area contributed by atoms with Gasteiger partial charge in [-0.2, -0.15) is 0 Å². The molecule has 0 bridgehead atoms. The lowest BCUT2D eigenvalue weighted by Gasteiger charge is -2.34. The normalized spacial score (nSPS) is 13.7. The van der Waals surface area contributed by atoms with Crippen molar-refractivity contribution < 1.29 is 5.11 Å². The number of halogens is 2. The van der Waals surface area contributed by atoms with Crippen molar-refractivity contribution in [1.29, 1.82) is 0 Å². The number of benzene rings is 7. The molecule has 1 aliphatic carbocycles. The number of hydrogen-bond acceptors (Lipinski definition) is 1. The Balaban J connectivity index is 1.45. The van der Waals surface area contributed by atoms with Gasteiger partial charge >= 0.3 is 0 Å². The van der Waals surface area contributed by atoms with E-state index in [9.17, 15) is 5.11 Å². The first-order valence-corrected chi connectivity index (χ1v) is 15.5. The quantitative estimate of drug-likeness (QED) is 0.182. The van der Waals surface area contributed by atoms with Gasteiger partial charge in [0.1, 0.15) is 5.60 Å². The number of hydrogen-bond donors (Lipinski definition) is 1. The monoisotopic (exact) mass is 666 g/mol. The highest BCUT2D eigenvalue weighted by Crippen LogP contribution is 2.48. The van der Waals surface area contributed by atoms with Crippen LogP contribution < -0.4 is 0 Å². The molecule has 0 spiro atoms. The third-order valence-corrected chi connectivity index (χ3v) is 9.61. The summed E-state index contributed by atoms with van der Waals surface area (Å²) in [6.45, 7) is 0. The van der Waals surface area contributed by atoms with E-state index in [1.807, 2.05) is 30.3 Å².